The summed E-state index contributed by atoms with van der Waals surface area (Å²) in [6.07, 6.45) is 0.871. The first kappa shape index (κ1) is 13.7. The molecule has 6 heteroatoms. The summed E-state index contributed by atoms with van der Waals surface area (Å²) in [5, 5.41) is 24.3. The predicted molar refractivity (Wildman–Crippen MR) is 73.8 cm³/mol. The van der Waals surface area contributed by atoms with Crippen LogP contribution in [-0.4, -0.2) is 14.7 Å². The summed E-state index contributed by atoms with van der Waals surface area (Å²) in [5.74, 6) is 0. The highest BCUT2D eigenvalue weighted by atomic mass is 16.6. The molecule has 2 aromatic rings. The van der Waals surface area contributed by atoms with E-state index in [4.69, 9.17) is 5.26 Å². The zero-order chi connectivity index (χ0) is 14.9. The number of hydrogen-bond donors (Lipinski definition) is 0. The number of aromatic nitrogens is 2. The Bertz CT molecular complexity index is 726. The smallest absolute Gasteiger partial charge is 0.258 e. The average molecular weight is 270 g/mol. The second-order valence-corrected chi connectivity index (χ2v) is 4.49. The standard InChI is InChI=1S/C14H14N4O2/c1-4-13-9(2)16-17(10(13)3)12-5-6-14(18(19)20)11(7-12)8-15/h5-7H,4H2,1-3H3. The van der Waals surface area contributed by atoms with Crippen molar-refractivity contribution in [3.8, 4) is 11.8 Å². The first-order chi connectivity index (χ1) is 9.49. The van der Waals surface area contributed by atoms with Crippen LogP contribution in [0.25, 0.3) is 5.69 Å². The van der Waals surface area contributed by atoms with Crippen molar-refractivity contribution >= 4 is 5.69 Å². The molecule has 0 fully saturated rings. The molecule has 0 aliphatic carbocycles. The molecule has 0 saturated heterocycles. The molecule has 0 bridgehead atoms. The fourth-order valence-electron chi connectivity index (χ4n) is 2.34. The van der Waals surface area contributed by atoms with Gasteiger partial charge in [-0.25, -0.2) is 4.68 Å². The van der Waals surface area contributed by atoms with E-state index < -0.39 is 4.92 Å². The van der Waals surface area contributed by atoms with Crippen molar-refractivity contribution in [2.45, 2.75) is 27.2 Å². The summed E-state index contributed by atoms with van der Waals surface area (Å²) in [6.45, 7) is 5.93. The average Bonchev–Trinajstić information content (AvgIpc) is 2.72. The number of rotatable bonds is 3. The van der Waals surface area contributed by atoms with Crippen LogP contribution in [0.1, 0.15) is 29.4 Å². The van der Waals surface area contributed by atoms with Crippen molar-refractivity contribution in [2.75, 3.05) is 0 Å². The van der Waals surface area contributed by atoms with Gasteiger partial charge in [-0.2, -0.15) is 10.4 Å². The van der Waals surface area contributed by atoms with E-state index in [1.54, 1.807) is 10.7 Å². The van der Waals surface area contributed by atoms with Gasteiger partial charge >= 0.3 is 0 Å². The van der Waals surface area contributed by atoms with E-state index in [1.165, 1.54) is 12.1 Å². The van der Waals surface area contributed by atoms with Crippen molar-refractivity contribution in [1.82, 2.24) is 9.78 Å². The molecule has 0 amide bonds. The number of nitrogens with zero attached hydrogens (tertiary/aromatic N) is 4. The van der Waals surface area contributed by atoms with Crippen LogP contribution in [0.15, 0.2) is 18.2 Å². The van der Waals surface area contributed by atoms with E-state index in [0.717, 1.165) is 23.4 Å². The monoisotopic (exact) mass is 270 g/mol. The molecule has 0 radical (unpaired) electrons. The van der Waals surface area contributed by atoms with Gasteiger partial charge in [-0.3, -0.25) is 10.1 Å². The largest absolute Gasteiger partial charge is 0.287 e. The summed E-state index contributed by atoms with van der Waals surface area (Å²) >= 11 is 0. The zero-order valence-corrected chi connectivity index (χ0v) is 11.5. The molecule has 6 nitrogen and oxygen atoms in total. The maximum atomic E-state index is 10.8. The fourth-order valence-corrected chi connectivity index (χ4v) is 2.34. The van der Waals surface area contributed by atoms with E-state index >= 15 is 0 Å². The molecule has 0 N–H and O–H groups in total. The van der Waals surface area contributed by atoms with Gasteiger partial charge in [0.15, 0.2) is 0 Å². The summed E-state index contributed by atoms with van der Waals surface area (Å²) in [6, 6.07) is 6.31. The van der Waals surface area contributed by atoms with Gasteiger partial charge in [0, 0.05) is 11.8 Å². The quantitative estimate of drug-likeness (QED) is 0.634. The number of nitro groups is 1. The normalized spacial score (nSPS) is 10.3. The van der Waals surface area contributed by atoms with E-state index in [0.29, 0.717) is 5.69 Å². The Labute approximate surface area is 116 Å². The zero-order valence-electron chi connectivity index (χ0n) is 11.5. The molecular weight excluding hydrogens is 256 g/mol. The van der Waals surface area contributed by atoms with Gasteiger partial charge in [-0.1, -0.05) is 6.92 Å². The maximum Gasteiger partial charge on any atom is 0.287 e. The SMILES string of the molecule is CCc1c(C)nn(-c2ccc([N+](=O)[O-])c(C#N)c2)c1C. The number of nitriles is 1. The van der Waals surface area contributed by atoms with Crippen molar-refractivity contribution in [3.05, 3.63) is 50.8 Å². The first-order valence-corrected chi connectivity index (χ1v) is 6.23. The molecule has 0 unspecified atom stereocenters. The molecule has 1 heterocycles. The molecule has 102 valence electrons. The first-order valence-electron chi connectivity index (χ1n) is 6.23. The summed E-state index contributed by atoms with van der Waals surface area (Å²) in [4.78, 5) is 10.3. The Balaban J connectivity index is 2.60. The van der Waals surface area contributed by atoms with Gasteiger partial charge in [0.2, 0.25) is 0 Å². The molecule has 20 heavy (non-hydrogen) atoms. The Morgan fingerprint density at radius 1 is 1.45 bits per heavy atom. The lowest BCUT2D eigenvalue weighted by atomic mass is 10.1. The third-order valence-corrected chi connectivity index (χ3v) is 3.34. The maximum absolute atomic E-state index is 10.8. The van der Waals surface area contributed by atoms with Gasteiger partial charge < -0.3 is 0 Å². The molecule has 1 aromatic heterocycles. The number of benzene rings is 1. The summed E-state index contributed by atoms with van der Waals surface area (Å²) in [5.41, 5.74) is 3.59. The second kappa shape index (κ2) is 5.13. The van der Waals surface area contributed by atoms with Crippen LogP contribution in [0.2, 0.25) is 0 Å². The van der Waals surface area contributed by atoms with Crippen LogP contribution in [0, 0.1) is 35.3 Å². The van der Waals surface area contributed by atoms with E-state index in [-0.39, 0.29) is 11.3 Å². The van der Waals surface area contributed by atoms with Crippen LogP contribution >= 0.6 is 0 Å². The topological polar surface area (TPSA) is 84.8 Å². The Morgan fingerprint density at radius 3 is 2.65 bits per heavy atom. The summed E-state index contributed by atoms with van der Waals surface area (Å²) in [7, 11) is 0. The van der Waals surface area contributed by atoms with Crippen LogP contribution in [0.4, 0.5) is 5.69 Å². The molecule has 0 saturated carbocycles. The van der Waals surface area contributed by atoms with E-state index in [1.807, 2.05) is 19.9 Å². The van der Waals surface area contributed by atoms with Gasteiger partial charge in [-0.05, 0) is 38.0 Å². The Hall–Kier alpha value is -2.68. The van der Waals surface area contributed by atoms with Crippen molar-refractivity contribution in [3.63, 3.8) is 0 Å². The highest BCUT2D eigenvalue weighted by molar-refractivity contribution is 5.54. The lowest BCUT2D eigenvalue weighted by Gasteiger charge is -2.05. The molecule has 0 aliphatic heterocycles. The number of nitro benzene ring substituents is 1. The van der Waals surface area contributed by atoms with E-state index in [9.17, 15) is 10.1 Å². The van der Waals surface area contributed by atoms with E-state index in [2.05, 4.69) is 12.0 Å². The van der Waals surface area contributed by atoms with Crippen LogP contribution < -0.4 is 0 Å². The van der Waals surface area contributed by atoms with Crippen LogP contribution in [0.5, 0.6) is 0 Å². The van der Waals surface area contributed by atoms with Gasteiger partial charge in [0.25, 0.3) is 5.69 Å². The lowest BCUT2D eigenvalue weighted by molar-refractivity contribution is -0.385. The molecule has 0 aliphatic rings. The van der Waals surface area contributed by atoms with Crippen molar-refractivity contribution in [2.24, 2.45) is 0 Å². The second-order valence-electron chi connectivity index (χ2n) is 4.49. The Kier molecular flexibility index (Phi) is 3.53. The highest BCUT2D eigenvalue weighted by Gasteiger charge is 2.17. The van der Waals surface area contributed by atoms with Crippen LogP contribution in [0.3, 0.4) is 0 Å². The predicted octanol–water partition coefficient (Wildman–Crippen LogP) is 2.83. The Morgan fingerprint density at radius 2 is 2.15 bits per heavy atom. The number of hydrogen-bond acceptors (Lipinski definition) is 4. The highest BCUT2D eigenvalue weighted by Crippen LogP contribution is 2.23. The minimum Gasteiger partial charge on any atom is -0.258 e. The molecule has 0 spiro atoms. The summed E-state index contributed by atoms with van der Waals surface area (Å²) < 4.78 is 1.72. The third-order valence-electron chi connectivity index (χ3n) is 3.34. The third kappa shape index (κ3) is 2.14. The molecule has 1 aromatic carbocycles. The molecule has 2 rings (SSSR count). The molecular formula is C14H14N4O2. The number of aryl methyl sites for hydroxylation is 1. The van der Waals surface area contributed by atoms with Crippen LogP contribution in [-0.2, 0) is 6.42 Å². The van der Waals surface area contributed by atoms with Gasteiger partial charge in [0.1, 0.15) is 11.6 Å². The lowest BCUT2D eigenvalue weighted by Crippen LogP contribution is -2.01. The van der Waals surface area contributed by atoms with Crippen molar-refractivity contribution in [1.29, 1.82) is 5.26 Å². The van der Waals surface area contributed by atoms with Gasteiger partial charge in [0.05, 0.1) is 16.3 Å². The fraction of sp³-hybridized carbons (Fsp3) is 0.286. The van der Waals surface area contributed by atoms with Crippen molar-refractivity contribution < 1.29 is 4.92 Å². The van der Waals surface area contributed by atoms with Gasteiger partial charge in [-0.15, -0.1) is 0 Å². The minimum absolute atomic E-state index is 0.0399. The minimum atomic E-state index is -0.555. The molecule has 0 atom stereocenters.